The third-order valence-corrected chi connectivity index (χ3v) is 3.01. The number of ether oxygens (including phenoxy) is 1. The van der Waals surface area contributed by atoms with E-state index >= 15 is 0 Å². The summed E-state index contributed by atoms with van der Waals surface area (Å²) >= 11 is 0. The van der Waals surface area contributed by atoms with Gasteiger partial charge in [-0.15, -0.1) is 0 Å². The van der Waals surface area contributed by atoms with Gasteiger partial charge in [-0.3, -0.25) is 4.98 Å². The summed E-state index contributed by atoms with van der Waals surface area (Å²) in [6.45, 7) is 4.71. The highest BCUT2D eigenvalue weighted by Crippen LogP contribution is 1.99. The molecule has 0 aliphatic carbocycles. The zero-order valence-electron chi connectivity index (χ0n) is 10.4. The van der Waals surface area contributed by atoms with E-state index in [1.54, 1.807) is 0 Å². The fourth-order valence-electron chi connectivity index (χ4n) is 2.06. The molecule has 1 aliphatic rings. The van der Waals surface area contributed by atoms with Crippen molar-refractivity contribution < 1.29 is 4.74 Å². The minimum atomic E-state index is 0.470. The van der Waals surface area contributed by atoms with Gasteiger partial charge in [-0.25, -0.2) is 0 Å². The predicted octanol–water partition coefficient (Wildman–Crippen LogP) is 0.544. The Morgan fingerprint density at radius 1 is 1.53 bits per heavy atom. The summed E-state index contributed by atoms with van der Waals surface area (Å²) in [5.41, 5.74) is 1.16. The van der Waals surface area contributed by atoms with Gasteiger partial charge in [0, 0.05) is 44.0 Å². The largest absolute Gasteiger partial charge is 0.378 e. The molecule has 0 spiro atoms. The van der Waals surface area contributed by atoms with Crippen LogP contribution in [0, 0.1) is 0 Å². The summed E-state index contributed by atoms with van der Waals surface area (Å²) in [7, 11) is 2.15. The number of hydrogen-bond donors (Lipinski definition) is 1. The first-order valence-corrected chi connectivity index (χ1v) is 6.24. The van der Waals surface area contributed by atoms with Crippen molar-refractivity contribution in [1.29, 1.82) is 0 Å². The van der Waals surface area contributed by atoms with E-state index in [0.29, 0.717) is 6.04 Å². The molecule has 94 valence electrons. The van der Waals surface area contributed by atoms with Crippen molar-refractivity contribution in [2.75, 3.05) is 39.9 Å². The number of nitrogens with one attached hydrogen (secondary N) is 1. The molecular weight excluding hydrogens is 214 g/mol. The van der Waals surface area contributed by atoms with Crippen LogP contribution in [0.5, 0.6) is 0 Å². The molecule has 4 heteroatoms. The van der Waals surface area contributed by atoms with E-state index in [0.717, 1.165) is 45.0 Å². The summed E-state index contributed by atoms with van der Waals surface area (Å²) in [4.78, 5) is 6.66. The Kier molecular flexibility index (Phi) is 4.91. The third-order valence-electron chi connectivity index (χ3n) is 3.01. The molecule has 2 rings (SSSR count). The molecular formula is C13H21N3O. The van der Waals surface area contributed by atoms with Crippen LogP contribution in [0.4, 0.5) is 0 Å². The molecule has 2 heterocycles. The fraction of sp³-hybridized carbons (Fsp3) is 0.615. The first kappa shape index (κ1) is 12.5. The van der Waals surface area contributed by atoms with Crippen molar-refractivity contribution in [1.82, 2.24) is 15.2 Å². The lowest BCUT2D eigenvalue weighted by atomic mass is 10.2. The zero-order chi connectivity index (χ0) is 11.9. The first-order chi connectivity index (χ1) is 8.34. The van der Waals surface area contributed by atoms with Crippen LogP contribution in [0.3, 0.4) is 0 Å². The molecule has 0 amide bonds. The molecule has 1 aromatic heterocycles. The number of likely N-dealkylation sites (N-methyl/N-ethyl adjacent to an activating group) is 1. The lowest BCUT2D eigenvalue weighted by Gasteiger charge is -2.28. The second-order valence-corrected chi connectivity index (χ2v) is 4.56. The van der Waals surface area contributed by atoms with Gasteiger partial charge >= 0.3 is 0 Å². The van der Waals surface area contributed by atoms with Gasteiger partial charge in [0.05, 0.1) is 13.2 Å². The molecule has 17 heavy (non-hydrogen) atoms. The molecule has 1 fully saturated rings. The van der Waals surface area contributed by atoms with Gasteiger partial charge in [0.25, 0.3) is 0 Å². The van der Waals surface area contributed by atoms with E-state index in [9.17, 15) is 0 Å². The lowest BCUT2D eigenvalue weighted by Crippen LogP contribution is -2.47. The highest BCUT2D eigenvalue weighted by Gasteiger charge is 2.14. The Morgan fingerprint density at radius 2 is 2.47 bits per heavy atom. The topological polar surface area (TPSA) is 37.4 Å². The molecule has 0 aromatic carbocycles. The van der Waals surface area contributed by atoms with Crippen LogP contribution in [0.2, 0.25) is 0 Å². The highest BCUT2D eigenvalue weighted by atomic mass is 16.5. The minimum absolute atomic E-state index is 0.470. The van der Waals surface area contributed by atoms with Gasteiger partial charge in [-0.1, -0.05) is 6.07 Å². The summed E-state index contributed by atoms with van der Waals surface area (Å²) in [5, 5.41) is 3.47. The number of rotatable bonds is 5. The summed E-state index contributed by atoms with van der Waals surface area (Å²) < 4.78 is 5.44. The predicted molar refractivity (Wildman–Crippen MR) is 68.0 cm³/mol. The Hall–Kier alpha value is -0.970. The minimum Gasteiger partial charge on any atom is -0.378 e. The Morgan fingerprint density at radius 3 is 3.18 bits per heavy atom. The maximum atomic E-state index is 5.44. The average Bonchev–Trinajstić information content (AvgIpc) is 2.39. The fourth-order valence-corrected chi connectivity index (χ4v) is 2.06. The molecule has 0 bridgehead atoms. The normalized spacial score (nSPS) is 20.7. The van der Waals surface area contributed by atoms with Gasteiger partial charge in [-0.2, -0.15) is 0 Å². The number of pyridine rings is 1. The van der Waals surface area contributed by atoms with E-state index in [1.165, 1.54) is 0 Å². The van der Waals surface area contributed by atoms with E-state index in [1.807, 2.05) is 18.3 Å². The van der Waals surface area contributed by atoms with Gasteiger partial charge in [-0.05, 0) is 19.2 Å². The molecule has 4 nitrogen and oxygen atoms in total. The molecule has 0 radical (unpaired) electrons. The number of morpholine rings is 1. The zero-order valence-corrected chi connectivity index (χ0v) is 10.4. The van der Waals surface area contributed by atoms with Crippen molar-refractivity contribution >= 4 is 0 Å². The molecule has 1 saturated heterocycles. The number of aromatic nitrogens is 1. The van der Waals surface area contributed by atoms with Crippen molar-refractivity contribution in [3.63, 3.8) is 0 Å². The van der Waals surface area contributed by atoms with Gasteiger partial charge in [0.2, 0.25) is 0 Å². The van der Waals surface area contributed by atoms with Crippen molar-refractivity contribution in [3.8, 4) is 0 Å². The highest BCUT2D eigenvalue weighted by molar-refractivity contribution is 5.03. The van der Waals surface area contributed by atoms with Gasteiger partial charge in [0.1, 0.15) is 0 Å². The molecule has 1 unspecified atom stereocenters. The maximum absolute atomic E-state index is 5.44. The van der Waals surface area contributed by atoms with Crippen LogP contribution in [0.1, 0.15) is 5.69 Å². The smallest absolute Gasteiger partial charge is 0.0632 e. The number of nitrogens with zero attached hydrogens (tertiary/aromatic N) is 2. The third kappa shape index (κ3) is 4.42. The SMILES string of the molecule is CN(CCc1ccccn1)CC1COCCN1. The average molecular weight is 235 g/mol. The van der Waals surface area contributed by atoms with Crippen LogP contribution in [0.25, 0.3) is 0 Å². The van der Waals surface area contributed by atoms with Crippen LogP contribution in [-0.4, -0.2) is 55.8 Å². The Balaban J connectivity index is 1.68. The molecule has 1 aliphatic heterocycles. The maximum Gasteiger partial charge on any atom is 0.0632 e. The lowest BCUT2D eigenvalue weighted by molar-refractivity contribution is 0.0654. The van der Waals surface area contributed by atoms with Crippen LogP contribution < -0.4 is 5.32 Å². The van der Waals surface area contributed by atoms with Gasteiger partial charge < -0.3 is 15.0 Å². The van der Waals surface area contributed by atoms with Crippen molar-refractivity contribution in [2.45, 2.75) is 12.5 Å². The van der Waals surface area contributed by atoms with Crippen LogP contribution in [0.15, 0.2) is 24.4 Å². The monoisotopic (exact) mass is 235 g/mol. The molecule has 1 atom stereocenters. The van der Waals surface area contributed by atoms with Crippen LogP contribution in [-0.2, 0) is 11.2 Å². The summed E-state index contributed by atoms with van der Waals surface area (Å²) in [6.07, 6.45) is 2.86. The van der Waals surface area contributed by atoms with E-state index in [2.05, 4.69) is 28.3 Å². The number of hydrogen-bond acceptors (Lipinski definition) is 4. The quantitative estimate of drug-likeness (QED) is 0.808. The van der Waals surface area contributed by atoms with Gasteiger partial charge in [0.15, 0.2) is 0 Å². The summed E-state index contributed by atoms with van der Waals surface area (Å²) in [6, 6.07) is 6.54. The first-order valence-electron chi connectivity index (χ1n) is 6.24. The van der Waals surface area contributed by atoms with Crippen molar-refractivity contribution in [3.05, 3.63) is 30.1 Å². The summed E-state index contributed by atoms with van der Waals surface area (Å²) in [5.74, 6) is 0. The van der Waals surface area contributed by atoms with E-state index in [-0.39, 0.29) is 0 Å². The van der Waals surface area contributed by atoms with Crippen LogP contribution >= 0.6 is 0 Å². The molecule has 1 N–H and O–H groups in total. The Labute approximate surface area is 103 Å². The van der Waals surface area contributed by atoms with E-state index < -0.39 is 0 Å². The Bertz CT molecular complexity index is 312. The molecule has 0 saturated carbocycles. The second-order valence-electron chi connectivity index (χ2n) is 4.56. The van der Waals surface area contributed by atoms with Crippen molar-refractivity contribution in [2.24, 2.45) is 0 Å². The second kappa shape index (κ2) is 6.69. The van der Waals surface area contributed by atoms with E-state index in [4.69, 9.17) is 4.74 Å². The standard InChI is InChI=1S/C13H21N3O/c1-16(10-13-11-17-9-7-15-13)8-5-12-4-2-3-6-14-12/h2-4,6,13,15H,5,7-11H2,1H3. The molecule has 1 aromatic rings.